The van der Waals surface area contributed by atoms with Gasteiger partial charge in [0.15, 0.2) is 0 Å². The van der Waals surface area contributed by atoms with Gasteiger partial charge in [-0.2, -0.15) is 0 Å². The maximum atomic E-state index is 11.0. The minimum Gasteiger partial charge on any atom is -0.381 e. The summed E-state index contributed by atoms with van der Waals surface area (Å²) in [5.74, 6) is 1.45. The zero-order chi connectivity index (χ0) is 11.3. The van der Waals surface area contributed by atoms with E-state index in [0.717, 1.165) is 25.4 Å². The van der Waals surface area contributed by atoms with Crippen molar-refractivity contribution in [1.82, 2.24) is 5.32 Å². The molecular formula is C11H23NO2S. The third-order valence-electron chi connectivity index (χ3n) is 3.06. The smallest absolute Gasteiger partial charge is 0.0509 e. The van der Waals surface area contributed by atoms with Crippen molar-refractivity contribution in [3.63, 3.8) is 0 Å². The minimum absolute atomic E-state index is 0.449. The molecule has 0 aromatic carbocycles. The predicted molar refractivity (Wildman–Crippen MR) is 64.5 cm³/mol. The molecule has 0 spiro atoms. The zero-order valence-electron chi connectivity index (χ0n) is 9.99. The van der Waals surface area contributed by atoms with Crippen LogP contribution in [0, 0.1) is 5.92 Å². The molecule has 1 fully saturated rings. The van der Waals surface area contributed by atoms with E-state index in [-0.39, 0.29) is 0 Å². The average Bonchev–Trinajstić information content (AvgIpc) is 2.67. The van der Waals surface area contributed by atoms with Crippen molar-refractivity contribution < 1.29 is 8.95 Å². The van der Waals surface area contributed by atoms with Gasteiger partial charge in [-0.25, -0.2) is 0 Å². The monoisotopic (exact) mass is 233 g/mol. The summed E-state index contributed by atoms with van der Waals surface area (Å²) in [4.78, 5) is 0. The molecule has 1 N–H and O–H groups in total. The quantitative estimate of drug-likeness (QED) is 0.748. The fourth-order valence-electron chi connectivity index (χ4n) is 1.96. The van der Waals surface area contributed by atoms with Gasteiger partial charge in [-0.1, -0.05) is 0 Å². The van der Waals surface area contributed by atoms with Crippen LogP contribution in [0.4, 0.5) is 0 Å². The third kappa shape index (κ3) is 5.09. The van der Waals surface area contributed by atoms with Gasteiger partial charge in [0.05, 0.1) is 6.61 Å². The highest BCUT2D eigenvalue weighted by atomic mass is 32.2. The summed E-state index contributed by atoms with van der Waals surface area (Å²) in [6.45, 7) is 6.18. The van der Waals surface area contributed by atoms with Crippen molar-refractivity contribution in [2.24, 2.45) is 5.92 Å². The SMILES string of the molecule is CC(CCS(C)=O)NC(C)C1CCOC1. The summed E-state index contributed by atoms with van der Waals surface area (Å²) in [5.41, 5.74) is 0. The zero-order valence-corrected chi connectivity index (χ0v) is 10.8. The van der Waals surface area contributed by atoms with Gasteiger partial charge >= 0.3 is 0 Å². The summed E-state index contributed by atoms with van der Waals surface area (Å²) in [6.07, 6.45) is 3.92. The Morgan fingerprint density at radius 1 is 1.53 bits per heavy atom. The Kier molecular flexibility index (Phi) is 5.79. The number of hydrogen-bond acceptors (Lipinski definition) is 3. The van der Waals surface area contributed by atoms with Crippen molar-refractivity contribution in [3.8, 4) is 0 Å². The molecule has 0 aromatic rings. The van der Waals surface area contributed by atoms with Crippen molar-refractivity contribution in [3.05, 3.63) is 0 Å². The molecule has 0 aromatic heterocycles. The number of rotatable bonds is 6. The van der Waals surface area contributed by atoms with E-state index in [1.54, 1.807) is 6.26 Å². The molecule has 4 unspecified atom stereocenters. The Bertz CT molecular complexity index is 205. The molecule has 0 saturated carbocycles. The Balaban J connectivity index is 2.18. The van der Waals surface area contributed by atoms with E-state index < -0.39 is 10.8 Å². The molecule has 0 bridgehead atoms. The molecule has 0 radical (unpaired) electrons. The predicted octanol–water partition coefficient (Wildman–Crippen LogP) is 1.16. The average molecular weight is 233 g/mol. The lowest BCUT2D eigenvalue weighted by molar-refractivity contribution is 0.177. The molecule has 1 aliphatic rings. The van der Waals surface area contributed by atoms with E-state index in [1.165, 1.54) is 6.42 Å². The molecule has 1 saturated heterocycles. The van der Waals surface area contributed by atoms with E-state index >= 15 is 0 Å². The minimum atomic E-state index is -0.668. The first-order valence-corrected chi connectivity index (χ1v) is 7.46. The van der Waals surface area contributed by atoms with Crippen LogP contribution >= 0.6 is 0 Å². The van der Waals surface area contributed by atoms with Gasteiger partial charge in [-0.15, -0.1) is 0 Å². The maximum Gasteiger partial charge on any atom is 0.0509 e. The Hall–Kier alpha value is 0.0700. The summed E-state index contributed by atoms with van der Waals surface area (Å²) < 4.78 is 16.3. The van der Waals surface area contributed by atoms with Crippen LogP contribution < -0.4 is 5.32 Å². The molecule has 4 heteroatoms. The van der Waals surface area contributed by atoms with Gasteiger partial charge in [0.25, 0.3) is 0 Å². The van der Waals surface area contributed by atoms with E-state index in [0.29, 0.717) is 18.0 Å². The van der Waals surface area contributed by atoms with Crippen LogP contribution in [0.2, 0.25) is 0 Å². The molecule has 1 aliphatic heterocycles. The van der Waals surface area contributed by atoms with Gasteiger partial charge < -0.3 is 10.1 Å². The highest BCUT2D eigenvalue weighted by Gasteiger charge is 2.22. The van der Waals surface area contributed by atoms with Crippen LogP contribution in [0.5, 0.6) is 0 Å². The van der Waals surface area contributed by atoms with Crippen molar-refractivity contribution in [2.45, 2.75) is 38.8 Å². The van der Waals surface area contributed by atoms with Crippen LogP contribution in [0.25, 0.3) is 0 Å². The molecule has 90 valence electrons. The summed E-state index contributed by atoms with van der Waals surface area (Å²) in [6, 6.07) is 0.956. The second kappa shape index (κ2) is 6.61. The highest BCUT2D eigenvalue weighted by Crippen LogP contribution is 2.16. The normalized spacial score (nSPS) is 27.5. The molecule has 4 atom stereocenters. The highest BCUT2D eigenvalue weighted by molar-refractivity contribution is 7.84. The Morgan fingerprint density at radius 2 is 2.27 bits per heavy atom. The van der Waals surface area contributed by atoms with Gasteiger partial charge in [0.1, 0.15) is 0 Å². The van der Waals surface area contributed by atoms with E-state index in [4.69, 9.17) is 4.74 Å². The fraction of sp³-hybridized carbons (Fsp3) is 1.00. The number of nitrogens with one attached hydrogen (secondary N) is 1. The largest absolute Gasteiger partial charge is 0.381 e. The third-order valence-corrected chi connectivity index (χ3v) is 3.87. The fourth-order valence-corrected chi connectivity index (χ4v) is 2.64. The maximum absolute atomic E-state index is 11.0. The van der Waals surface area contributed by atoms with Gasteiger partial charge in [-0.05, 0) is 32.6 Å². The summed E-state index contributed by atoms with van der Waals surface area (Å²) in [7, 11) is -0.668. The number of ether oxygens (including phenoxy) is 1. The van der Waals surface area contributed by atoms with Crippen LogP contribution in [0.3, 0.4) is 0 Å². The van der Waals surface area contributed by atoms with Crippen LogP contribution in [-0.4, -0.2) is 41.5 Å². The number of hydrogen-bond donors (Lipinski definition) is 1. The first-order valence-electron chi connectivity index (χ1n) is 5.73. The van der Waals surface area contributed by atoms with Gasteiger partial charge in [0, 0.05) is 41.5 Å². The van der Waals surface area contributed by atoms with Gasteiger partial charge in [0.2, 0.25) is 0 Å². The van der Waals surface area contributed by atoms with E-state index in [2.05, 4.69) is 19.2 Å². The first-order chi connectivity index (χ1) is 7.09. The Labute approximate surface area is 95.4 Å². The molecule has 15 heavy (non-hydrogen) atoms. The summed E-state index contributed by atoms with van der Waals surface area (Å²) in [5, 5.41) is 3.56. The first kappa shape index (κ1) is 13.1. The van der Waals surface area contributed by atoms with Crippen molar-refractivity contribution in [1.29, 1.82) is 0 Å². The molecule has 1 rings (SSSR count). The Morgan fingerprint density at radius 3 is 2.80 bits per heavy atom. The second-order valence-electron chi connectivity index (χ2n) is 4.55. The van der Waals surface area contributed by atoms with Crippen LogP contribution in [0.1, 0.15) is 26.7 Å². The van der Waals surface area contributed by atoms with Crippen molar-refractivity contribution >= 4 is 10.8 Å². The van der Waals surface area contributed by atoms with Crippen LogP contribution in [0.15, 0.2) is 0 Å². The molecule has 0 aliphatic carbocycles. The lowest BCUT2D eigenvalue weighted by Gasteiger charge is -2.23. The topological polar surface area (TPSA) is 38.3 Å². The lowest BCUT2D eigenvalue weighted by Crippen LogP contribution is -2.40. The van der Waals surface area contributed by atoms with Gasteiger partial charge in [-0.3, -0.25) is 4.21 Å². The summed E-state index contributed by atoms with van der Waals surface area (Å²) >= 11 is 0. The van der Waals surface area contributed by atoms with Crippen molar-refractivity contribution in [2.75, 3.05) is 25.2 Å². The second-order valence-corrected chi connectivity index (χ2v) is 6.10. The van der Waals surface area contributed by atoms with E-state index in [1.807, 2.05) is 0 Å². The molecular weight excluding hydrogens is 210 g/mol. The van der Waals surface area contributed by atoms with Crippen LogP contribution in [-0.2, 0) is 15.5 Å². The lowest BCUT2D eigenvalue weighted by atomic mass is 10.00. The standard InChI is InChI=1S/C11H23NO2S/c1-9(5-7-15(3)13)12-10(2)11-4-6-14-8-11/h9-12H,4-8H2,1-3H3. The van der Waals surface area contributed by atoms with E-state index in [9.17, 15) is 4.21 Å². The molecule has 1 heterocycles. The molecule has 0 amide bonds. The molecule has 3 nitrogen and oxygen atoms in total.